The number of carboxylic acids is 1. The molecule has 1 fully saturated rings. The third-order valence-electron chi connectivity index (χ3n) is 21.2. The summed E-state index contributed by atoms with van der Waals surface area (Å²) in [6.07, 6.45) is 5.29. The van der Waals surface area contributed by atoms with Crippen LogP contribution in [0.1, 0.15) is 106 Å². The van der Waals surface area contributed by atoms with Crippen LogP contribution in [0.5, 0.6) is 0 Å². The van der Waals surface area contributed by atoms with Crippen LogP contribution in [0.25, 0.3) is 58.3 Å². The summed E-state index contributed by atoms with van der Waals surface area (Å²) in [6, 6.07) is 15.7. The van der Waals surface area contributed by atoms with E-state index in [0.29, 0.717) is 90.9 Å². The van der Waals surface area contributed by atoms with Crippen LogP contribution >= 0.6 is 0 Å². The van der Waals surface area contributed by atoms with Crippen LogP contribution in [0.2, 0.25) is 0 Å². The lowest BCUT2D eigenvalue weighted by Gasteiger charge is -2.33. The SMILES string of the molecule is C=C(O)CCCCCCCn1c2nc(=O)[nH]c(=O)c-2nc2cc(C)c(N(C)C)cc21.C=C(O)CCCCCn1c2nc(=O)[nH]c(=O)c-2nc2cc(C)c(N(C)C)cc21.C=c1nc2c(c(=O)[nH]1)=Nc1cc(C)c(N(C)C)cc1N2CCCCC(=O)O.C=c1nc2c(c(=O)[nH]1)=Nc1cc(C)c(NCCN3CCN(C)CC3)cc1N2C[C@H](O)[C@H](O)[C@H](O)CO. The molecule has 0 aliphatic carbocycles. The van der Waals surface area contributed by atoms with Gasteiger partial charge in [-0.1, -0.05) is 52.0 Å². The zero-order chi connectivity index (χ0) is 88.0. The molecule has 12 N–H and O–H groups in total. The lowest BCUT2D eigenvalue weighted by Crippen LogP contribution is -2.48. The molecule has 36 nitrogen and oxygen atoms in total. The Balaban J connectivity index is 0.000000170. The third-order valence-corrected chi connectivity index (χ3v) is 21.2. The Hall–Kier alpha value is -12.3. The van der Waals surface area contributed by atoms with Gasteiger partial charge in [-0.2, -0.15) is 9.97 Å². The molecule has 3 atom stereocenters. The first kappa shape index (κ1) is 91.0. The van der Waals surface area contributed by atoms with Crippen LogP contribution < -0.4 is 85.1 Å². The molecule has 36 heteroatoms. The number of aromatic amines is 4. The average molecular weight is 1670 g/mol. The van der Waals surface area contributed by atoms with Crippen molar-refractivity contribution in [1.29, 1.82) is 0 Å². The maximum atomic E-state index is 12.6. The molecule has 646 valence electrons. The monoisotopic (exact) mass is 1660 g/mol. The van der Waals surface area contributed by atoms with E-state index in [1.807, 2.05) is 147 Å². The summed E-state index contributed by atoms with van der Waals surface area (Å²) in [5.41, 5.74) is 11.4. The Morgan fingerprint density at radius 2 is 0.926 bits per heavy atom. The first-order valence-corrected chi connectivity index (χ1v) is 40.4. The minimum atomic E-state index is -1.60. The van der Waals surface area contributed by atoms with Crippen molar-refractivity contribution >= 4 is 98.3 Å². The molecule has 0 saturated carbocycles. The molecule has 0 spiro atoms. The fraction of sp³-hybridized carbons (Fsp3) is 0.447. The smallest absolute Gasteiger partial charge is 0.349 e. The van der Waals surface area contributed by atoms with E-state index >= 15 is 0 Å². The number of unbranched alkanes of at least 4 members (excludes halogenated alkanes) is 7. The van der Waals surface area contributed by atoms with Crippen molar-refractivity contribution in [2.24, 2.45) is 9.98 Å². The third kappa shape index (κ3) is 22.6. The molecule has 1 saturated heterocycles. The number of aliphatic hydroxyl groups excluding tert-OH is 6. The van der Waals surface area contributed by atoms with Gasteiger partial charge in [0.25, 0.3) is 22.2 Å². The lowest BCUT2D eigenvalue weighted by atomic mass is 10.1. The summed E-state index contributed by atoms with van der Waals surface area (Å²) in [5.74, 6) is 0.862. The summed E-state index contributed by atoms with van der Waals surface area (Å²) in [4.78, 5) is 143. The van der Waals surface area contributed by atoms with Crippen molar-refractivity contribution in [3.05, 3.63) is 180 Å². The van der Waals surface area contributed by atoms with E-state index in [4.69, 9.17) is 10.2 Å². The number of H-pyrrole nitrogens is 4. The number of aryl methyl sites for hydroxylation is 6. The number of aromatic nitrogens is 12. The number of anilines is 8. The summed E-state index contributed by atoms with van der Waals surface area (Å²) in [7, 11) is 14.0. The molecule has 0 bridgehead atoms. The molecule has 6 aromatic rings. The number of benzene rings is 4. The number of aliphatic hydroxyl groups is 6. The maximum absolute atomic E-state index is 12.6. The minimum Gasteiger partial charge on any atom is -0.513 e. The molecule has 2 aromatic heterocycles. The van der Waals surface area contributed by atoms with E-state index in [1.165, 1.54) is 0 Å². The Kier molecular flexibility index (Phi) is 30.5. The Morgan fingerprint density at radius 3 is 1.40 bits per heavy atom. The quantitative estimate of drug-likeness (QED) is 0.0158. The zero-order valence-corrected chi connectivity index (χ0v) is 70.7. The van der Waals surface area contributed by atoms with Gasteiger partial charge in [0.15, 0.2) is 45.4 Å². The molecule has 4 aromatic carbocycles. The van der Waals surface area contributed by atoms with Gasteiger partial charge in [-0.3, -0.25) is 38.8 Å². The van der Waals surface area contributed by atoms with Crippen LogP contribution in [0.15, 0.2) is 112 Å². The van der Waals surface area contributed by atoms with E-state index in [-0.39, 0.29) is 68.9 Å². The van der Waals surface area contributed by atoms with E-state index in [0.717, 1.165) is 152 Å². The van der Waals surface area contributed by atoms with E-state index < -0.39 is 58.9 Å². The molecule has 7 aliphatic heterocycles. The number of carboxylic acid groups (broad SMARTS) is 1. The van der Waals surface area contributed by atoms with E-state index in [9.17, 15) is 59.1 Å². The number of β-amino-alcohol motifs (C(OH)–C–C–N with tert-alkyl or cyclic N) is 1. The lowest BCUT2D eigenvalue weighted by molar-refractivity contribution is -0.137. The van der Waals surface area contributed by atoms with Gasteiger partial charge in [-0.15, -0.1) is 0 Å². The highest BCUT2D eigenvalue weighted by atomic mass is 16.4. The van der Waals surface area contributed by atoms with Gasteiger partial charge >= 0.3 is 17.3 Å². The first-order valence-electron chi connectivity index (χ1n) is 40.4. The number of hydrogen-bond acceptors (Lipinski definition) is 29. The van der Waals surface area contributed by atoms with Gasteiger partial charge in [-0.25, -0.2) is 39.5 Å². The standard InChI is InChI=1S/C24H35N7O5.C22H29N5O3.C20H25N5O3.C19H23N5O3/c1-14-10-17-18(11-16(14)25-4-5-30-8-6-29(3)7-9-30)31(12-19(33)22(35)20(34)13-32)23-21(28-17)24(36)27-15(2)26-23;1-14-12-16-18(13-17(14)26(3)4)27(11-9-7-5-6-8-10-15(2)28)20-19(23-16)21(29)25-22(30)24-20;1-12-10-14-16(11-15(12)24(3)4)25(9-7-5-6-8-13(2)26)18-17(21-14)19(27)23-20(28)22-18;1-11-9-13-15(10-14(11)23(3)4)24(8-6-5-7-16(25)26)18-17(22-13)19(27)21-12(2)20-18/h10-11,19-20,22,25,32-35H,2,4-9,12-13H2,1,3H3,(H,27,36);12-13,28H,2,5-11H2,1,3-4H3,(H,25,29,30);10-11,26H,2,5-9H2,1,3-4H3,(H,23,27,28);9-10H,2,5-8H2,1,3-4H3,(H,21,27)(H,25,26)/t19-,20+,22-;;;/m0.../s1. The predicted octanol–water partition coefficient (Wildman–Crippen LogP) is 4.80. The Morgan fingerprint density at radius 1 is 0.496 bits per heavy atom. The average Bonchev–Trinajstić information content (AvgIpc) is 0.769. The molecular weight excluding hydrogens is 1550 g/mol. The Labute approximate surface area is 697 Å². The van der Waals surface area contributed by atoms with Crippen molar-refractivity contribution in [3.63, 3.8) is 0 Å². The molecule has 0 unspecified atom stereocenters. The molecule has 7 aliphatic rings. The topological polar surface area (TPSA) is 471 Å². The van der Waals surface area contributed by atoms with Crippen molar-refractivity contribution in [2.45, 2.75) is 143 Å². The van der Waals surface area contributed by atoms with Crippen LogP contribution in [-0.2, 0) is 17.9 Å². The second-order valence-electron chi connectivity index (χ2n) is 31.4. The van der Waals surface area contributed by atoms with Crippen molar-refractivity contribution in [2.75, 3.05) is 138 Å². The summed E-state index contributed by atoms with van der Waals surface area (Å²) >= 11 is 0. The highest BCUT2D eigenvalue weighted by Gasteiger charge is 2.33. The van der Waals surface area contributed by atoms with Gasteiger partial charge in [0.2, 0.25) is 0 Å². The number of aliphatic carboxylic acids is 1. The van der Waals surface area contributed by atoms with Gasteiger partial charge in [0, 0.05) is 143 Å². The first-order chi connectivity index (χ1) is 57.5. The summed E-state index contributed by atoms with van der Waals surface area (Å²) in [6.45, 7) is 29.0. The van der Waals surface area contributed by atoms with E-state index in [1.54, 1.807) is 4.90 Å². The highest BCUT2D eigenvalue weighted by molar-refractivity contribution is 5.87. The fourth-order valence-corrected chi connectivity index (χ4v) is 14.9. The Bertz CT molecular complexity index is 6010. The largest absolute Gasteiger partial charge is 0.513 e. The van der Waals surface area contributed by atoms with Gasteiger partial charge in [0.05, 0.1) is 69.5 Å². The van der Waals surface area contributed by atoms with Crippen LogP contribution in [0.4, 0.5) is 57.1 Å². The van der Waals surface area contributed by atoms with Crippen LogP contribution in [0.3, 0.4) is 0 Å². The minimum absolute atomic E-state index is 0.0643. The van der Waals surface area contributed by atoms with Crippen molar-refractivity contribution in [1.82, 2.24) is 68.8 Å². The number of nitrogens with one attached hydrogen (secondary N) is 5. The molecule has 121 heavy (non-hydrogen) atoms. The number of nitrogens with zero attached hydrogens (tertiary/aromatic N) is 17. The molecular formula is C85H112N22O14. The zero-order valence-electron chi connectivity index (χ0n) is 70.7. The normalized spacial score (nSPS) is 13.7. The second kappa shape index (κ2) is 40.6. The van der Waals surface area contributed by atoms with Crippen LogP contribution in [0, 0.1) is 27.7 Å². The van der Waals surface area contributed by atoms with Crippen molar-refractivity contribution in [3.8, 4) is 23.0 Å². The number of piperazine rings is 1. The summed E-state index contributed by atoms with van der Waals surface area (Å²) in [5, 5.41) is 70.9. The maximum Gasteiger partial charge on any atom is 0.349 e. The number of hydrogen-bond donors (Lipinski definition) is 12. The number of likely N-dealkylation sites (N-methyl/N-ethyl adjacent to an activating group) is 1. The number of allylic oxidation sites excluding steroid dienone is 2. The number of carbonyl (C=O) groups is 1. The number of fused-ring (bicyclic) bond motifs is 8. The summed E-state index contributed by atoms with van der Waals surface area (Å²) < 4.78 is 3.84. The highest BCUT2D eigenvalue weighted by Crippen LogP contribution is 2.41. The predicted molar refractivity (Wildman–Crippen MR) is 471 cm³/mol. The second-order valence-corrected chi connectivity index (χ2v) is 31.4. The van der Waals surface area contributed by atoms with E-state index in [2.05, 4.69) is 108 Å². The van der Waals surface area contributed by atoms with Crippen LogP contribution in [-0.4, -0.2) is 237 Å². The van der Waals surface area contributed by atoms with Crippen molar-refractivity contribution < 1.29 is 40.5 Å². The fourth-order valence-electron chi connectivity index (χ4n) is 14.9. The molecule has 9 heterocycles. The molecule has 0 amide bonds. The molecule has 13 rings (SSSR count). The number of rotatable bonds is 31. The van der Waals surface area contributed by atoms with Gasteiger partial charge < -0.3 is 89.6 Å². The van der Waals surface area contributed by atoms with Gasteiger partial charge in [-0.05, 0) is 144 Å². The molecule has 0 radical (unpaired) electrons. The van der Waals surface area contributed by atoms with Gasteiger partial charge in [0.1, 0.15) is 29.3 Å².